The van der Waals surface area contributed by atoms with E-state index in [1.807, 2.05) is 0 Å². The largest absolute Gasteiger partial charge is 0.309 e. The van der Waals surface area contributed by atoms with Crippen LogP contribution in [-0.4, -0.2) is 15.8 Å². The Kier molecular flexibility index (Phi) is 5.49. The molecule has 4 heteroatoms. The van der Waals surface area contributed by atoms with Crippen molar-refractivity contribution in [2.75, 3.05) is 0 Å². The van der Waals surface area contributed by atoms with Crippen molar-refractivity contribution in [3.63, 3.8) is 0 Å². The van der Waals surface area contributed by atoms with Crippen LogP contribution >= 0.6 is 15.9 Å². The molecule has 1 aromatic rings. The predicted octanol–water partition coefficient (Wildman–Crippen LogP) is 3.12. The van der Waals surface area contributed by atoms with Crippen LogP contribution in [0.2, 0.25) is 0 Å². The normalized spacial score (nSPS) is 13.1. The molecule has 0 aliphatic heterocycles. The molecule has 1 unspecified atom stereocenters. The first-order chi connectivity index (χ1) is 7.63. The molecule has 0 amide bonds. The number of aryl methyl sites for hydroxylation is 2. The first-order valence-corrected chi connectivity index (χ1v) is 6.90. The summed E-state index contributed by atoms with van der Waals surface area (Å²) in [6.07, 6.45) is 2.13. The Bertz CT molecular complexity index is 333. The number of hydrogen-bond acceptors (Lipinski definition) is 2. The predicted molar refractivity (Wildman–Crippen MR) is 71.6 cm³/mol. The van der Waals surface area contributed by atoms with Gasteiger partial charge in [-0.25, -0.2) is 0 Å². The van der Waals surface area contributed by atoms with Crippen molar-refractivity contribution in [2.24, 2.45) is 0 Å². The van der Waals surface area contributed by atoms with Gasteiger partial charge >= 0.3 is 0 Å². The third-order valence-electron chi connectivity index (χ3n) is 2.92. The fourth-order valence-corrected chi connectivity index (χ4v) is 2.31. The van der Waals surface area contributed by atoms with Crippen molar-refractivity contribution < 1.29 is 0 Å². The number of rotatable bonds is 6. The summed E-state index contributed by atoms with van der Waals surface area (Å²) in [6, 6.07) is 0.553. The zero-order valence-electron chi connectivity index (χ0n) is 10.7. The van der Waals surface area contributed by atoms with Crippen LogP contribution < -0.4 is 5.32 Å². The van der Waals surface area contributed by atoms with E-state index in [1.165, 1.54) is 10.2 Å². The minimum atomic E-state index is 0.553. The molecule has 0 radical (unpaired) electrons. The smallest absolute Gasteiger partial charge is 0.0767 e. The molecule has 3 nitrogen and oxygen atoms in total. The first-order valence-electron chi connectivity index (χ1n) is 6.11. The van der Waals surface area contributed by atoms with Crippen LogP contribution in [0, 0.1) is 0 Å². The molecule has 0 aliphatic carbocycles. The second kappa shape index (κ2) is 6.40. The Labute approximate surface area is 107 Å². The van der Waals surface area contributed by atoms with Crippen molar-refractivity contribution in [1.29, 1.82) is 0 Å². The molecule has 0 aromatic carbocycles. The van der Waals surface area contributed by atoms with Crippen molar-refractivity contribution in [1.82, 2.24) is 15.1 Å². The van der Waals surface area contributed by atoms with E-state index in [1.54, 1.807) is 0 Å². The quantitative estimate of drug-likeness (QED) is 0.871. The van der Waals surface area contributed by atoms with E-state index in [0.717, 1.165) is 31.6 Å². The molecule has 0 saturated heterocycles. The van der Waals surface area contributed by atoms with Crippen LogP contribution in [0.3, 0.4) is 0 Å². The van der Waals surface area contributed by atoms with Gasteiger partial charge in [0.05, 0.1) is 15.9 Å². The van der Waals surface area contributed by atoms with Crippen molar-refractivity contribution in [3.05, 3.63) is 15.9 Å². The molecule has 1 aromatic heterocycles. The van der Waals surface area contributed by atoms with Crippen LogP contribution in [0.5, 0.6) is 0 Å². The monoisotopic (exact) mass is 287 g/mol. The molecule has 0 bridgehead atoms. The summed E-state index contributed by atoms with van der Waals surface area (Å²) >= 11 is 3.65. The molecule has 0 spiro atoms. The minimum Gasteiger partial charge on any atom is -0.309 e. The average Bonchev–Trinajstić information content (AvgIpc) is 2.62. The Morgan fingerprint density at radius 3 is 2.56 bits per heavy atom. The standard InChI is InChI=1S/C12H22BrN3/c1-5-9(4)14-8-11-12(13)10(6-2)15-16(11)7-3/h9,14H,5-8H2,1-4H3. The number of hydrogen-bond donors (Lipinski definition) is 1. The summed E-state index contributed by atoms with van der Waals surface area (Å²) < 4.78 is 3.26. The average molecular weight is 288 g/mol. The molecule has 92 valence electrons. The summed E-state index contributed by atoms with van der Waals surface area (Å²) in [5.41, 5.74) is 2.42. The number of nitrogens with zero attached hydrogens (tertiary/aromatic N) is 2. The molecule has 0 aliphatic rings. The third-order valence-corrected chi connectivity index (χ3v) is 3.84. The number of nitrogens with one attached hydrogen (secondary N) is 1. The molecule has 0 saturated carbocycles. The van der Waals surface area contributed by atoms with E-state index in [-0.39, 0.29) is 0 Å². The van der Waals surface area contributed by atoms with Gasteiger partial charge < -0.3 is 5.32 Å². The summed E-state index contributed by atoms with van der Waals surface area (Å²) in [7, 11) is 0. The lowest BCUT2D eigenvalue weighted by Crippen LogP contribution is -2.26. The van der Waals surface area contributed by atoms with Crippen molar-refractivity contribution in [3.8, 4) is 0 Å². The van der Waals surface area contributed by atoms with E-state index in [2.05, 4.69) is 58.7 Å². The van der Waals surface area contributed by atoms with E-state index < -0.39 is 0 Å². The minimum absolute atomic E-state index is 0.553. The van der Waals surface area contributed by atoms with Gasteiger partial charge in [-0.2, -0.15) is 5.10 Å². The lowest BCUT2D eigenvalue weighted by atomic mass is 10.2. The summed E-state index contributed by atoms with van der Waals surface area (Å²) in [4.78, 5) is 0. The summed E-state index contributed by atoms with van der Waals surface area (Å²) in [6.45, 7) is 10.5. The molecule has 1 N–H and O–H groups in total. The molecule has 16 heavy (non-hydrogen) atoms. The van der Waals surface area contributed by atoms with Gasteiger partial charge in [0.1, 0.15) is 0 Å². The Morgan fingerprint density at radius 1 is 1.38 bits per heavy atom. The van der Waals surface area contributed by atoms with Crippen LogP contribution in [0.25, 0.3) is 0 Å². The maximum atomic E-state index is 4.58. The molecular weight excluding hydrogens is 266 g/mol. The Morgan fingerprint density at radius 2 is 2.06 bits per heavy atom. The lowest BCUT2D eigenvalue weighted by Gasteiger charge is -2.12. The topological polar surface area (TPSA) is 29.9 Å². The van der Waals surface area contributed by atoms with Crippen molar-refractivity contribution >= 4 is 15.9 Å². The highest BCUT2D eigenvalue weighted by Crippen LogP contribution is 2.22. The van der Waals surface area contributed by atoms with E-state index in [9.17, 15) is 0 Å². The van der Waals surface area contributed by atoms with E-state index >= 15 is 0 Å². The number of halogens is 1. The third kappa shape index (κ3) is 3.08. The molecule has 0 fully saturated rings. The molecular formula is C12H22BrN3. The van der Waals surface area contributed by atoms with Gasteiger partial charge in [0.15, 0.2) is 0 Å². The van der Waals surface area contributed by atoms with Gasteiger partial charge in [0, 0.05) is 19.1 Å². The zero-order chi connectivity index (χ0) is 12.1. The van der Waals surface area contributed by atoms with Crippen LogP contribution in [0.1, 0.15) is 45.5 Å². The van der Waals surface area contributed by atoms with E-state index in [0.29, 0.717) is 6.04 Å². The first kappa shape index (κ1) is 13.7. The van der Waals surface area contributed by atoms with Gasteiger partial charge in [-0.3, -0.25) is 4.68 Å². The molecule has 1 atom stereocenters. The van der Waals surface area contributed by atoms with Crippen LogP contribution in [0.15, 0.2) is 4.47 Å². The van der Waals surface area contributed by atoms with Gasteiger partial charge in [0.25, 0.3) is 0 Å². The maximum absolute atomic E-state index is 4.58. The zero-order valence-corrected chi connectivity index (χ0v) is 12.3. The molecule has 1 heterocycles. The van der Waals surface area contributed by atoms with E-state index in [4.69, 9.17) is 0 Å². The Hall–Kier alpha value is -0.350. The highest BCUT2D eigenvalue weighted by Gasteiger charge is 2.13. The Balaban J connectivity index is 2.80. The fraction of sp³-hybridized carbons (Fsp3) is 0.750. The van der Waals surface area contributed by atoms with Gasteiger partial charge in [0.2, 0.25) is 0 Å². The van der Waals surface area contributed by atoms with Gasteiger partial charge in [-0.15, -0.1) is 0 Å². The summed E-state index contributed by atoms with van der Waals surface area (Å²) in [5.74, 6) is 0. The van der Waals surface area contributed by atoms with Crippen LogP contribution in [0.4, 0.5) is 0 Å². The summed E-state index contributed by atoms with van der Waals surface area (Å²) in [5, 5.41) is 8.09. The maximum Gasteiger partial charge on any atom is 0.0767 e. The van der Waals surface area contributed by atoms with Gasteiger partial charge in [-0.05, 0) is 42.6 Å². The second-order valence-corrected chi connectivity index (χ2v) is 4.86. The fourth-order valence-electron chi connectivity index (χ4n) is 1.60. The lowest BCUT2D eigenvalue weighted by molar-refractivity contribution is 0.505. The van der Waals surface area contributed by atoms with Crippen molar-refractivity contribution in [2.45, 2.75) is 59.7 Å². The highest BCUT2D eigenvalue weighted by molar-refractivity contribution is 9.10. The van der Waals surface area contributed by atoms with Crippen LogP contribution in [-0.2, 0) is 19.5 Å². The molecule has 1 rings (SSSR count). The number of aromatic nitrogens is 2. The highest BCUT2D eigenvalue weighted by atomic mass is 79.9. The SMILES string of the molecule is CCc1nn(CC)c(CNC(C)CC)c1Br. The second-order valence-electron chi connectivity index (χ2n) is 4.07. The van der Waals surface area contributed by atoms with Gasteiger partial charge in [-0.1, -0.05) is 13.8 Å².